The summed E-state index contributed by atoms with van der Waals surface area (Å²) in [6.45, 7) is 0.471. The molecule has 2 N–H and O–H groups in total. The standard InChI is InChI=1S/C17H19N3O3S/c21-17(19-12-10-14-3-1-2-11-18-14)13-4-8-16(9-5-13)24(22,23)20-15-6-7-15/h1-5,8-9,11,15,20H,6-7,10,12H2,(H,19,21). The molecule has 2 aromatic rings. The Morgan fingerprint density at radius 2 is 1.88 bits per heavy atom. The largest absolute Gasteiger partial charge is 0.352 e. The zero-order valence-corrected chi connectivity index (χ0v) is 13.9. The molecule has 1 aliphatic rings. The van der Waals surface area contributed by atoms with Crippen molar-refractivity contribution < 1.29 is 13.2 Å². The number of hydrogen-bond acceptors (Lipinski definition) is 4. The minimum Gasteiger partial charge on any atom is -0.352 e. The van der Waals surface area contributed by atoms with Gasteiger partial charge < -0.3 is 5.32 Å². The van der Waals surface area contributed by atoms with Crippen molar-refractivity contribution in [2.45, 2.75) is 30.2 Å². The van der Waals surface area contributed by atoms with Crippen LogP contribution in [0.5, 0.6) is 0 Å². The smallest absolute Gasteiger partial charge is 0.251 e. The van der Waals surface area contributed by atoms with Crippen LogP contribution in [0.15, 0.2) is 53.6 Å². The van der Waals surface area contributed by atoms with Crippen LogP contribution in [0.1, 0.15) is 28.9 Å². The lowest BCUT2D eigenvalue weighted by Gasteiger charge is -2.07. The summed E-state index contributed by atoms with van der Waals surface area (Å²) in [7, 11) is -3.48. The molecule has 0 unspecified atom stereocenters. The van der Waals surface area contributed by atoms with E-state index in [-0.39, 0.29) is 16.8 Å². The molecule has 0 bridgehead atoms. The number of pyridine rings is 1. The lowest BCUT2D eigenvalue weighted by Crippen LogP contribution is -2.27. The van der Waals surface area contributed by atoms with E-state index in [1.807, 2.05) is 18.2 Å². The van der Waals surface area contributed by atoms with Crippen molar-refractivity contribution in [1.82, 2.24) is 15.0 Å². The average Bonchev–Trinajstić information content (AvgIpc) is 3.39. The second-order valence-corrected chi connectivity index (χ2v) is 7.46. The Labute approximate surface area is 141 Å². The zero-order chi connectivity index (χ0) is 17.0. The maximum absolute atomic E-state index is 12.1. The molecule has 3 rings (SSSR count). The lowest BCUT2D eigenvalue weighted by molar-refractivity contribution is 0.0954. The molecule has 1 fully saturated rings. The molecule has 6 nitrogen and oxygen atoms in total. The van der Waals surface area contributed by atoms with E-state index in [1.165, 1.54) is 24.3 Å². The summed E-state index contributed by atoms with van der Waals surface area (Å²) in [5.74, 6) is -0.231. The maximum Gasteiger partial charge on any atom is 0.251 e. The normalized spacial score (nSPS) is 14.3. The van der Waals surface area contributed by atoms with Crippen LogP contribution < -0.4 is 10.0 Å². The third-order valence-electron chi connectivity index (χ3n) is 3.72. The number of benzene rings is 1. The van der Waals surface area contributed by atoms with Gasteiger partial charge in [-0.25, -0.2) is 13.1 Å². The van der Waals surface area contributed by atoms with Gasteiger partial charge in [-0.1, -0.05) is 6.07 Å². The molecule has 0 radical (unpaired) electrons. The van der Waals surface area contributed by atoms with Crippen molar-refractivity contribution in [2.24, 2.45) is 0 Å². The maximum atomic E-state index is 12.1. The molecule has 1 heterocycles. The van der Waals surface area contributed by atoms with Gasteiger partial charge in [-0.2, -0.15) is 0 Å². The van der Waals surface area contributed by atoms with Crippen molar-refractivity contribution in [2.75, 3.05) is 6.54 Å². The molecule has 1 aromatic heterocycles. The van der Waals surface area contributed by atoms with Gasteiger partial charge in [0, 0.05) is 36.5 Å². The van der Waals surface area contributed by atoms with Crippen LogP contribution in [-0.4, -0.2) is 31.9 Å². The van der Waals surface area contributed by atoms with Gasteiger partial charge in [-0.3, -0.25) is 9.78 Å². The van der Waals surface area contributed by atoms with E-state index < -0.39 is 10.0 Å². The van der Waals surface area contributed by atoms with Crippen LogP contribution in [0.4, 0.5) is 0 Å². The number of aromatic nitrogens is 1. The highest BCUT2D eigenvalue weighted by Crippen LogP contribution is 2.22. The van der Waals surface area contributed by atoms with Crippen LogP contribution >= 0.6 is 0 Å². The van der Waals surface area contributed by atoms with Crippen LogP contribution in [0, 0.1) is 0 Å². The van der Waals surface area contributed by atoms with Gasteiger partial charge in [-0.15, -0.1) is 0 Å². The number of rotatable bonds is 7. The fourth-order valence-corrected chi connectivity index (χ4v) is 3.53. The second kappa shape index (κ2) is 7.11. The van der Waals surface area contributed by atoms with E-state index in [4.69, 9.17) is 0 Å². The van der Waals surface area contributed by atoms with Gasteiger partial charge in [0.05, 0.1) is 4.90 Å². The number of carbonyl (C=O) groups excluding carboxylic acids is 1. The van der Waals surface area contributed by atoms with Gasteiger partial charge in [0.25, 0.3) is 5.91 Å². The van der Waals surface area contributed by atoms with E-state index in [0.29, 0.717) is 18.5 Å². The average molecular weight is 345 g/mol. The highest BCUT2D eigenvalue weighted by atomic mass is 32.2. The van der Waals surface area contributed by atoms with Crippen molar-refractivity contribution in [3.05, 3.63) is 59.9 Å². The van der Waals surface area contributed by atoms with Crippen LogP contribution in [0.25, 0.3) is 0 Å². The number of hydrogen-bond donors (Lipinski definition) is 2. The first-order valence-electron chi connectivity index (χ1n) is 7.85. The predicted molar refractivity (Wildman–Crippen MR) is 90.1 cm³/mol. The Hall–Kier alpha value is -2.25. The minimum absolute atomic E-state index is 0.0598. The van der Waals surface area contributed by atoms with Gasteiger partial charge in [-0.05, 0) is 49.2 Å². The molecule has 7 heteroatoms. The molecule has 1 amide bonds. The molecule has 0 aliphatic heterocycles. The van der Waals surface area contributed by atoms with Gasteiger partial charge >= 0.3 is 0 Å². The SMILES string of the molecule is O=C(NCCc1ccccn1)c1ccc(S(=O)(=O)NC2CC2)cc1. The van der Waals surface area contributed by atoms with Crippen LogP contribution in [0.3, 0.4) is 0 Å². The molecule has 0 atom stereocenters. The molecular formula is C17H19N3O3S. The van der Waals surface area contributed by atoms with E-state index >= 15 is 0 Å². The van der Waals surface area contributed by atoms with Gasteiger partial charge in [0.15, 0.2) is 0 Å². The molecule has 1 saturated carbocycles. The third-order valence-corrected chi connectivity index (χ3v) is 5.26. The van der Waals surface area contributed by atoms with Gasteiger partial charge in [0.1, 0.15) is 0 Å². The van der Waals surface area contributed by atoms with E-state index in [1.54, 1.807) is 6.20 Å². The summed E-state index contributed by atoms with van der Waals surface area (Å²) < 4.78 is 26.8. The quantitative estimate of drug-likeness (QED) is 0.796. The number of amides is 1. The summed E-state index contributed by atoms with van der Waals surface area (Å²) in [5, 5.41) is 2.80. The van der Waals surface area contributed by atoms with E-state index in [0.717, 1.165) is 18.5 Å². The summed E-state index contributed by atoms with van der Waals surface area (Å²) in [5.41, 5.74) is 1.34. The van der Waals surface area contributed by atoms with Gasteiger partial charge in [0.2, 0.25) is 10.0 Å². The topological polar surface area (TPSA) is 88.2 Å². The summed E-state index contributed by atoms with van der Waals surface area (Å²) in [4.78, 5) is 16.5. The first-order chi connectivity index (χ1) is 11.5. The number of nitrogens with one attached hydrogen (secondary N) is 2. The highest BCUT2D eigenvalue weighted by Gasteiger charge is 2.27. The number of carbonyl (C=O) groups is 1. The third kappa shape index (κ3) is 4.39. The Morgan fingerprint density at radius 1 is 1.12 bits per heavy atom. The zero-order valence-electron chi connectivity index (χ0n) is 13.1. The summed E-state index contributed by atoms with van der Waals surface area (Å²) in [6, 6.07) is 11.7. The first-order valence-corrected chi connectivity index (χ1v) is 9.33. The summed E-state index contributed by atoms with van der Waals surface area (Å²) >= 11 is 0. The fourth-order valence-electron chi connectivity index (χ4n) is 2.23. The molecule has 1 aliphatic carbocycles. The Balaban J connectivity index is 1.55. The highest BCUT2D eigenvalue weighted by molar-refractivity contribution is 7.89. The summed E-state index contributed by atoms with van der Waals surface area (Å²) in [6.07, 6.45) is 4.13. The monoisotopic (exact) mass is 345 g/mol. The lowest BCUT2D eigenvalue weighted by atomic mass is 10.2. The van der Waals surface area contributed by atoms with Crippen LogP contribution in [-0.2, 0) is 16.4 Å². The van der Waals surface area contributed by atoms with E-state index in [9.17, 15) is 13.2 Å². The Bertz CT molecular complexity index is 801. The molecule has 0 saturated heterocycles. The Morgan fingerprint density at radius 3 is 2.50 bits per heavy atom. The molecule has 24 heavy (non-hydrogen) atoms. The predicted octanol–water partition coefficient (Wildman–Crippen LogP) is 1.49. The molecular weight excluding hydrogens is 326 g/mol. The van der Waals surface area contributed by atoms with Crippen molar-refractivity contribution in [3.8, 4) is 0 Å². The second-order valence-electron chi connectivity index (χ2n) is 5.75. The van der Waals surface area contributed by atoms with Crippen molar-refractivity contribution in [1.29, 1.82) is 0 Å². The molecule has 1 aromatic carbocycles. The van der Waals surface area contributed by atoms with Crippen molar-refractivity contribution in [3.63, 3.8) is 0 Å². The fraction of sp³-hybridized carbons (Fsp3) is 0.294. The number of nitrogens with zero attached hydrogens (tertiary/aromatic N) is 1. The Kier molecular flexibility index (Phi) is 4.92. The van der Waals surface area contributed by atoms with E-state index in [2.05, 4.69) is 15.0 Å². The number of sulfonamides is 1. The van der Waals surface area contributed by atoms with Crippen molar-refractivity contribution >= 4 is 15.9 Å². The van der Waals surface area contributed by atoms with Crippen LogP contribution in [0.2, 0.25) is 0 Å². The minimum atomic E-state index is -3.48. The first kappa shape index (κ1) is 16.6. The molecule has 0 spiro atoms. The molecule has 126 valence electrons.